The summed E-state index contributed by atoms with van der Waals surface area (Å²) in [7, 11) is 0. The zero-order valence-corrected chi connectivity index (χ0v) is 15.2. The smallest absolute Gasteiger partial charge is 0.0992 e. The van der Waals surface area contributed by atoms with Crippen molar-refractivity contribution < 1.29 is 0 Å². The minimum atomic E-state index is 0.627. The van der Waals surface area contributed by atoms with Gasteiger partial charge in [-0.1, -0.05) is 42.5 Å². The molecule has 5 aromatic rings. The van der Waals surface area contributed by atoms with E-state index in [1.54, 1.807) is 23.6 Å². The Hall–Kier alpha value is -3.48. The van der Waals surface area contributed by atoms with Gasteiger partial charge in [0.2, 0.25) is 0 Å². The molecule has 3 aromatic carbocycles. The SMILES string of the molecule is N#Cc1ccnc(-c2ccc3sc4ccc(-c5ccccc5)cc4c3c2)c1. The van der Waals surface area contributed by atoms with Gasteiger partial charge in [-0.25, -0.2) is 0 Å². The van der Waals surface area contributed by atoms with Gasteiger partial charge in [-0.15, -0.1) is 11.3 Å². The molecule has 0 fully saturated rings. The predicted octanol–water partition coefficient (Wildman–Crippen LogP) is 6.66. The van der Waals surface area contributed by atoms with Crippen molar-refractivity contribution in [3.05, 3.63) is 90.6 Å². The fraction of sp³-hybridized carbons (Fsp3) is 0. The van der Waals surface area contributed by atoms with E-state index in [1.165, 1.54) is 31.3 Å². The topological polar surface area (TPSA) is 36.7 Å². The van der Waals surface area contributed by atoms with Crippen molar-refractivity contribution in [2.75, 3.05) is 0 Å². The summed E-state index contributed by atoms with van der Waals surface area (Å²) < 4.78 is 2.54. The van der Waals surface area contributed by atoms with Crippen LogP contribution in [0.1, 0.15) is 5.56 Å². The molecular weight excluding hydrogens is 348 g/mol. The highest BCUT2D eigenvalue weighted by Gasteiger charge is 2.09. The maximum atomic E-state index is 9.15. The van der Waals surface area contributed by atoms with E-state index < -0.39 is 0 Å². The lowest BCUT2D eigenvalue weighted by Crippen LogP contribution is -1.84. The summed E-state index contributed by atoms with van der Waals surface area (Å²) in [5.41, 5.74) is 4.93. The second kappa shape index (κ2) is 6.35. The van der Waals surface area contributed by atoms with E-state index in [2.05, 4.69) is 71.7 Å². The summed E-state index contributed by atoms with van der Waals surface area (Å²) in [6.45, 7) is 0. The van der Waals surface area contributed by atoms with Gasteiger partial charge in [0, 0.05) is 31.9 Å². The van der Waals surface area contributed by atoms with E-state index in [0.717, 1.165) is 11.3 Å². The Kier molecular flexibility index (Phi) is 3.71. The molecule has 27 heavy (non-hydrogen) atoms. The van der Waals surface area contributed by atoms with E-state index in [1.807, 2.05) is 12.1 Å². The molecule has 0 bridgehead atoms. The number of thiophene rings is 1. The highest BCUT2D eigenvalue weighted by atomic mass is 32.1. The third-order valence-corrected chi connectivity index (χ3v) is 5.91. The predicted molar refractivity (Wildman–Crippen MR) is 113 cm³/mol. The molecule has 0 radical (unpaired) electrons. The van der Waals surface area contributed by atoms with Crippen molar-refractivity contribution in [2.45, 2.75) is 0 Å². The zero-order chi connectivity index (χ0) is 18.2. The summed E-state index contributed by atoms with van der Waals surface area (Å²) in [5, 5.41) is 11.6. The van der Waals surface area contributed by atoms with Crippen molar-refractivity contribution in [1.29, 1.82) is 5.26 Å². The summed E-state index contributed by atoms with van der Waals surface area (Å²) in [6.07, 6.45) is 1.69. The van der Waals surface area contributed by atoms with Crippen LogP contribution in [-0.4, -0.2) is 4.98 Å². The summed E-state index contributed by atoms with van der Waals surface area (Å²) in [5.74, 6) is 0. The number of aromatic nitrogens is 1. The molecule has 2 aromatic heterocycles. The van der Waals surface area contributed by atoms with Crippen LogP contribution in [0.4, 0.5) is 0 Å². The molecule has 0 aliphatic rings. The van der Waals surface area contributed by atoms with Crippen molar-refractivity contribution in [2.24, 2.45) is 0 Å². The van der Waals surface area contributed by atoms with Crippen LogP contribution in [0.15, 0.2) is 85.1 Å². The second-order valence-electron chi connectivity index (χ2n) is 6.43. The van der Waals surface area contributed by atoms with Gasteiger partial charge >= 0.3 is 0 Å². The first-order chi connectivity index (χ1) is 13.3. The van der Waals surface area contributed by atoms with Gasteiger partial charge in [0.25, 0.3) is 0 Å². The molecule has 2 heterocycles. The number of hydrogen-bond acceptors (Lipinski definition) is 3. The van der Waals surface area contributed by atoms with E-state index in [9.17, 15) is 0 Å². The lowest BCUT2D eigenvalue weighted by Gasteiger charge is -2.03. The number of pyridine rings is 1. The largest absolute Gasteiger partial charge is 0.256 e. The molecule has 126 valence electrons. The number of nitriles is 1. The lowest BCUT2D eigenvalue weighted by atomic mass is 10.0. The van der Waals surface area contributed by atoms with E-state index >= 15 is 0 Å². The van der Waals surface area contributed by atoms with Gasteiger partial charge in [0.1, 0.15) is 0 Å². The van der Waals surface area contributed by atoms with E-state index in [-0.39, 0.29) is 0 Å². The molecule has 0 saturated carbocycles. The first kappa shape index (κ1) is 15.7. The molecular formula is C24H14N2S. The minimum Gasteiger partial charge on any atom is -0.256 e. The van der Waals surface area contributed by atoms with Gasteiger partial charge in [-0.05, 0) is 47.5 Å². The van der Waals surface area contributed by atoms with Crippen LogP contribution in [-0.2, 0) is 0 Å². The van der Waals surface area contributed by atoms with Gasteiger partial charge in [-0.3, -0.25) is 4.98 Å². The number of hydrogen-bond donors (Lipinski definition) is 0. The van der Waals surface area contributed by atoms with E-state index in [0.29, 0.717) is 5.56 Å². The van der Waals surface area contributed by atoms with Crippen molar-refractivity contribution in [1.82, 2.24) is 4.98 Å². The molecule has 3 heteroatoms. The average Bonchev–Trinajstić information content (AvgIpc) is 3.11. The Morgan fingerprint density at radius 1 is 0.704 bits per heavy atom. The number of benzene rings is 3. The first-order valence-corrected chi connectivity index (χ1v) is 9.52. The third kappa shape index (κ3) is 2.77. The van der Waals surface area contributed by atoms with Crippen LogP contribution in [0.3, 0.4) is 0 Å². The monoisotopic (exact) mass is 362 g/mol. The van der Waals surface area contributed by atoms with Crippen LogP contribution >= 0.6 is 11.3 Å². The van der Waals surface area contributed by atoms with Crippen LogP contribution in [0.5, 0.6) is 0 Å². The van der Waals surface area contributed by atoms with Crippen molar-refractivity contribution >= 4 is 31.5 Å². The molecule has 0 N–H and O–H groups in total. The normalized spacial score (nSPS) is 10.9. The number of nitrogens with zero attached hydrogens (tertiary/aromatic N) is 2. The molecule has 0 aliphatic heterocycles. The van der Waals surface area contributed by atoms with Gasteiger partial charge in [0.05, 0.1) is 17.3 Å². The Balaban J connectivity index is 1.71. The molecule has 0 atom stereocenters. The second-order valence-corrected chi connectivity index (χ2v) is 7.52. The molecule has 0 unspecified atom stereocenters. The number of fused-ring (bicyclic) bond motifs is 3. The fourth-order valence-electron chi connectivity index (χ4n) is 3.40. The van der Waals surface area contributed by atoms with Crippen molar-refractivity contribution in [3.63, 3.8) is 0 Å². The molecule has 0 saturated heterocycles. The molecule has 0 aliphatic carbocycles. The molecule has 0 spiro atoms. The Bertz CT molecular complexity index is 1330. The third-order valence-electron chi connectivity index (χ3n) is 4.76. The first-order valence-electron chi connectivity index (χ1n) is 8.70. The average molecular weight is 362 g/mol. The van der Waals surface area contributed by atoms with Crippen molar-refractivity contribution in [3.8, 4) is 28.5 Å². The molecule has 5 rings (SSSR count). The van der Waals surface area contributed by atoms with Crippen LogP contribution in [0, 0.1) is 11.3 Å². The fourth-order valence-corrected chi connectivity index (χ4v) is 4.47. The maximum Gasteiger partial charge on any atom is 0.0992 e. The standard InChI is InChI=1S/C24H14N2S/c25-15-16-10-11-26-22(12-16)19-7-9-24-21(14-19)20-13-18(6-8-23(20)27-24)17-4-2-1-3-5-17/h1-14H. The highest BCUT2D eigenvalue weighted by Crippen LogP contribution is 2.38. The van der Waals surface area contributed by atoms with Crippen LogP contribution in [0.2, 0.25) is 0 Å². The van der Waals surface area contributed by atoms with Crippen LogP contribution in [0.25, 0.3) is 42.6 Å². The van der Waals surface area contributed by atoms with Gasteiger partial charge < -0.3 is 0 Å². The molecule has 2 nitrogen and oxygen atoms in total. The Labute approximate surface area is 161 Å². The highest BCUT2D eigenvalue weighted by molar-refractivity contribution is 7.25. The summed E-state index contributed by atoms with van der Waals surface area (Å²) in [6, 6.07) is 29.3. The quantitative estimate of drug-likeness (QED) is 0.352. The van der Waals surface area contributed by atoms with Gasteiger partial charge in [0.15, 0.2) is 0 Å². The van der Waals surface area contributed by atoms with Crippen LogP contribution < -0.4 is 0 Å². The Morgan fingerprint density at radius 3 is 2.15 bits per heavy atom. The van der Waals surface area contributed by atoms with E-state index in [4.69, 9.17) is 5.26 Å². The van der Waals surface area contributed by atoms with Gasteiger partial charge in [-0.2, -0.15) is 5.26 Å². The lowest BCUT2D eigenvalue weighted by molar-refractivity contribution is 1.31. The molecule has 0 amide bonds. The zero-order valence-electron chi connectivity index (χ0n) is 14.4. The Morgan fingerprint density at radius 2 is 1.41 bits per heavy atom. The maximum absolute atomic E-state index is 9.15. The number of rotatable bonds is 2. The summed E-state index contributed by atoms with van der Waals surface area (Å²) >= 11 is 1.80. The minimum absolute atomic E-state index is 0.627. The summed E-state index contributed by atoms with van der Waals surface area (Å²) in [4.78, 5) is 4.45.